The van der Waals surface area contributed by atoms with Crippen molar-refractivity contribution < 1.29 is 24.2 Å². The number of thiazole rings is 1. The summed E-state index contributed by atoms with van der Waals surface area (Å²) in [5.41, 5.74) is 4.68. The van der Waals surface area contributed by atoms with Crippen molar-refractivity contribution in [3.8, 4) is 11.1 Å². The number of hydrogen-bond acceptors (Lipinski definition) is 6. The summed E-state index contributed by atoms with van der Waals surface area (Å²) < 4.78 is 5.52. The number of nitrogens with one attached hydrogen (secondary N) is 1. The number of anilines is 1. The van der Waals surface area contributed by atoms with Crippen molar-refractivity contribution in [2.45, 2.75) is 32.2 Å². The Hall–Kier alpha value is -3.72. The summed E-state index contributed by atoms with van der Waals surface area (Å²) in [6.45, 7) is 3.87. The molecule has 34 heavy (non-hydrogen) atoms. The Balaban J connectivity index is 1.38. The number of carboxylic acid groups (broad SMARTS) is 1. The molecular weight excluding hydrogens is 454 g/mol. The van der Waals surface area contributed by atoms with Crippen LogP contribution in [0.1, 0.15) is 47.8 Å². The van der Waals surface area contributed by atoms with E-state index in [4.69, 9.17) is 9.84 Å². The summed E-state index contributed by atoms with van der Waals surface area (Å²) in [6.07, 6.45) is -0.805. The molecule has 2 N–H and O–H groups in total. The van der Waals surface area contributed by atoms with Crippen molar-refractivity contribution in [2.24, 2.45) is 0 Å². The van der Waals surface area contributed by atoms with Crippen LogP contribution in [0.3, 0.4) is 0 Å². The first-order valence-corrected chi connectivity index (χ1v) is 11.8. The molecule has 0 radical (unpaired) electrons. The molecule has 4 rings (SSSR count). The molecule has 0 fully saturated rings. The highest BCUT2D eigenvalue weighted by atomic mass is 32.1. The third kappa shape index (κ3) is 4.94. The molecule has 0 unspecified atom stereocenters. The van der Waals surface area contributed by atoms with Gasteiger partial charge in [-0.05, 0) is 36.1 Å². The van der Waals surface area contributed by atoms with Crippen LogP contribution >= 0.6 is 11.3 Å². The van der Waals surface area contributed by atoms with Gasteiger partial charge in [-0.25, -0.2) is 9.78 Å². The van der Waals surface area contributed by atoms with Crippen molar-refractivity contribution >= 4 is 34.4 Å². The van der Waals surface area contributed by atoms with Crippen LogP contribution in [0.25, 0.3) is 11.1 Å². The fourth-order valence-electron chi connectivity index (χ4n) is 4.11. The van der Waals surface area contributed by atoms with E-state index in [-0.39, 0.29) is 48.3 Å². The quantitative estimate of drug-likeness (QED) is 0.479. The van der Waals surface area contributed by atoms with Gasteiger partial charge >= 0.3 is 12.1 Å². The van der Waals surface area contributed by atoms with Crippen LogP contribution < -0.4 is 5.32 Å². The van der Waals surface area contributed by atoms with E-state index < -0.39 is 12.1 Å². The molecule has 1 aromatic heterocycles. The van der Waals surface area contributed by atoms with Gasteiger partial charge in [-0.2, -0.15) is 0 Å². The first-order valence-electron chi connectivity index (χ1n) is 11.0. The highest BCUT2D eigenvalue weighted by molar-refractivity contribution is 7.14. The van der Waals surface area contributed by atoms with Gasteiger partial charge in [0.2, 0.25) is 0 Å². The van der Waals surface area contributed by atoms with E-state index >= 15 is 0 Å². The lowest BCUT2D eigenvalue weighted by Crippen LogP contribution is -2.38. The zero-order valence-corrected chi connectivity index (χ0v) is 19.7. The second kappa shape index (κ2) is 10.0. The molecule has 1 aliphatic carbocycles. The lowest BCUT2D eigenvalue weighted by Gasteiger charge is -2.25. The number of aromatic nitrogens is 1. The first kappa shape index (κ1) is 23.4. The normalized spacial score (nSPS) is 12.2. The number of amides is 2. The number of ether oxygens (including phenoxy) is 1. The highest BCUT2D eigenvalue weighted by Gasteiger charge is 2.29. The smallest absolute Gasteiger partial charge is 0.413 e. The molecule has 0 saturated heterocycles. The zero-order valence-electron chi connectivity index (χ0n) is 18.9. The van der Waals surface area contributed by atoms with Gasteiger partial charge in [-0.15, -0.1) is 11.3 Å². The molecule has 2 amide bonds. The second-order valence-corrected chi connectivity index (χ2v) is 9.08. The van der Waals surface area contributed by atoms with Gasteiger partial charge in [-0.1, -0.05) is 48.5 Å². The van der Waals surface area contributed by atoms with Crippen LogP contribution in [0.5, 0.6) is 0 Å². The minimum Gasteiger partial charge on any atom is -0.481 e. The van der Waals surface area contributed by atoms with Gasteiger partial charge in [0, 0.05) is 23.9 Å². The van der Waals surface area contributed by atoms with E-state index in [0.717, 1.165) is 33.6 Å². The summed E-state index contributed by atoms with van der Waals surface area (Å²) in [5, 5.41) is 13.3. The SMILES string of the molecule is CC(C)N(CCC(=O)O)C(=O)c1csc(NC(=O)OCC2c3ccccc3-c3ccccc32)n1. The van der Waals surface area contributed by atoms with Crippen LogP contribution in [0.4, 0.5) is 9.93 Å². The summed E-state index contributed by atoms with van der Waals surface area (Å²) in [4.78, 5) is 41.8. The minimum atomic E-state index is -0.977. The molecule has 0 atom stereocenters. The third-order valence-corrected chi connectivity index (χ3v) is 6.48. The van der Waals surface area contributed by atoms with Crippen molar-refractivity contribution in [1.82, 2.24) is 9.88 Å². The van der Waals surface area contributed by atoms with Gasteiger partial charge in [0.15, 0.2) is 5.13 Å². The fraction of sp³-hybridized carbons (Fsp3) is 0.280. The Bertz CT molecular complexity index is 1180. The average molecular weight is 480 g/mol. The molecule has 0 spiro atoms. The highest BCUT2D eigenvalue weighted by Crippen LogP contribution is 2.44. The van der Waals surface area contributed by atoms with Gasteiger partial charge < -0.3 is 14.7 Å². The number of benzene rings is 2. The monoisotopic (exact) mass is 479 g/mol. The molecule has 8 nitrogen and oxygen atoms in total. The summed E-state index contributed by atoms with van der Waals surface area (Å²) >= 11 is 1.11. The van der Waals surface area contributed by atoms with E-state index in [9.17, 15) is 14.4 Å². The number of hydrogen-bond donors (Lipinski definition) is 2. The topological polar surface area (TPSA) is 109 Å². The summed E-state index contributed by atoms with van der Waals surface area (Å²) in [7, 11) is 0. The number of carbonyl (C=O) groups is 3. The van der Waals surface area contributed by atoms with E-state index in [1.807, 2.05) is 50.2 Å². The second-order valence-electron chi connectivity index (χ2n) is 8.22. The lowest BCUT2D eigenvalue weighted by atomic mass is 9.98. The van der Waals surface area contributed by atoms with E-state index in [1.54, 1.807) is 0 Å². The number of carboxylic acids is 1. The van der Waals surface area contributed by atoms with Crippen molar-refractivity contribution in [1.29, 1.82) is 0 Å². The molecule has 3 aromatic rings. The first-order chi connectivity index (χ1) is 16.3. The van der Waals surface area contributed by atoms with Crippen LogP contribution in [0, 0.1) is 0 Å². The zero-order chi connectivity index (χ0) is 24.2. The number of fused-ring (bicyclic) bond motifs is 3. The van der Waals surface area contributed by atoms with Gasteiger partial charge in [0.05, 0.1) is 6.42 Å². The maximum atomic E-state index is 12.8. The summed E-state index contributed by atoms with van der Waals surface area (Å²) in [6, 6.07) is 16.0. The predicted octanol–water partition coefficient (Wildman–Crippen LogP) is 4.83. The number of nitrogens with zero attached hydrogens (tertiary/aromatic N) is 2. The average Bonchev–Trinajstić information content (AvgIpc) is 3.40. The van der Waals surface area contributed by atoms with E-state index in [2.05, 4.69) is 22.4 Å². The van der Waals surface area contributed by atoms with Crippen LogP contribution in [-0.2, 0) is 9.53 Å². The Morgan fingerprint density at radius 2 is 1.71 bits per heavy atom. The molecule has 176 valence electrons. The van der Waals surface area contributed by atoms with Gasteiger partial charge in [-0.3, -0.25) is 14.9 Å². The van der Waals surface area contributed by atoms with E-state index in [0.29, 0.717) is 0 Å². The van der Waals surface area contributed by atoms with Gasteiger partial charge in [0.25, 0.3) is 5.91 Å². The fourth-order valence-corrected chi connectivity index (χ4v) is 4.78. The molecule has 1 aliphatic rings. The Morgan fingerprint density at radius 3 is 2.29 bits per heavy atom. The Morgan fingerprint density at radius 1 is 1.09 bits per heavy atom. The summed E-state index contributed by atoms with van der Waals surface area (Å²) in [5.74, 6) is -1.41. The lowest BCUT2D eigenvalue weighted by molar-refractivity contribution is -0.137. The number of rotatable bonds is 8. The number of aliphatic carboxylic acids is 1. The van der Waals surface area contributed by atoms with Crippen molar-refractivity contribution in [3.63, 3.8) is 0 Å². The molecular formula is C25H25N3O5S. The Labute approximate surface area is 201 Å². The molecule has 0 aliphatic heterocycles. The van der Waals surface area contributed by atoms with Crippen LogP contribution in [0.2, 0.25) is 0 Å². The van der Waals surface area contributed by atoms with Gasteiger partial charge in [0.1, 0.15) is 12.3 Å². The molecule has 0 saturated carbocycles. The van der Waals surface area contributed by atoms with Crippen LogP contribution in [0.15, 0.2) is 53.9 Å². The third-order valence-electron chi connectivity index (χ3n) is 5.73. The largest absolute Gasteiger partial charge is 0.481 e. The molecule has 1 heterocycles. The van der Waals surface area contributed by atoms with Crippen LogP contribution in [-0.4, -0.2) is 52.2 Å². The maximum absolute atomic E-state index is 12.8. The van der Waals surface area contributed by atoms with Crippen molar-refractivity contribution in [3.05, 3.63) is 70.7 Å². The number of carbonyl (C=O) groups excluding carboxylic acids is 2. The maximum Gasteiger partial charge on any atom is 0.413 e. The Kier molecular flexibility index (Phi) is 6.93. The molecule has 0 bridgehead atoms. The van der Waals surface area contributed by atoms with E-state index in [1.165, 1.54) is 10.3 Å². The van der Waals surface area contributed by atoms with Crippen molar-refractivity contribution in [2.75, 3.05) is 18.5 Å². The standard InChI is InChI=1S/C25H25N3O5S/c1-15(2)28(12-11-22(29)30)23(31)21-14-34-24(26-21)27-25(32)33-13-20-18-9-5-3-7-16(18)17-8-4-6-10-19(17)20/h3-10,14-15,20H,11-13H2,1-2H3,(H,29,30)(H,26,27,32). The minimum absolute atomic E-state index is 0.0552. The molecule has 2 aromatic carbocycles. The predicted molar refractivity (Wildman–Crippen MR) is 129 cm³/mol. The molecule has 9 heteroatoms.